The van der Waals surface area contributed by atoms with Crippen LogP contribution in [0.4, 0.5) is 0 Å². The SMILES string of the molecule is O=C(O)c1cnc(-c2ccc(-c3nc4ncc(Br)cc4[nH]3)nc2)c(Cl)c1. The summed E-state index contributed by atoms with van der Waals surface area (Å²) in [6, 6.07) is 6.84. The van der Waals surface area contributed by atoms with Crippen molar-refractivity contribution in [1.82, 2.24) is 24.9 Å². The molecule has 26 heavy (non-hydrogen) atoms. The van der Waals surface area contributed by atoms with Crippen LogP contribution in [0.5, 0.6) is 0 Å². The van der Waals surface area contributed by atoms with Gasteiger partial charge < -0.3 is 10.1 Å². The second kappa shape index (κ2) is 6.47. The van der Waals surface area contributed by atoms with Gasteiger partial charge in [-0.1, -0.05) is 11.6 Å². The summed E-state index contributed by atoms with van der Waals surface area (Å²) >= 11 is 9.52. The number of aromatic nitrogens is 5. The fourth-order valence-corrected chi connectivity index (χ4v) is 3.04. The van der Waals surface area contributed by atoms with Crippen molar-refractivity contribution in [3.8, 4) is 22.8 Å². The van der Waals surface area contributed by atoms with E-state index in [9.17, 15) is 4.79 Å². The Morgan fingerprint density at radius 1 is 1.12 bits per heavy atom. The number of carboxylic acids is 1. The summed E-state index contributed by atoms with van der Waals surface area (Å²) in [6.45, 7) is 0. The van der Waals surface area contributed by atoms with E-state index < -0.39 is 5.97 Å². The summed E-state index contributed by atoms with van der Waals surface area (Å²) in [5.74, 6) is -0.484. The fraction of sp³-hybridized carbons (Fsp3) is 0. The summed E-state index contributed by atoms with van der Waals surface area (Å²) in [7, 11) is 0. The number of H-pyrrole nitrogens is 1. The molecule has 0 fully saturated rings. The maximum absolute atomic E-state index is 11.0. The van der Waals surface area contributed by atoms with Crippen molar-refractivity contribution in [1.29, 1.82) is 0 Å². The summed E-state index contributed by atoms with van der Waals surface area (Å²) < 4.78 is 0.856. The molecule has 128 valence electrons. The second-order valence-corrected chi connectivity index (χ2v) is 6.72. The lowest BCUT2D eigenvalue weighted by atomic mass is 10.1. The zero-order chi connectivity index (χ0) is 18.3. The number of rotatable bonds is 3. The molecule has 0 aliphatic rings. The van der Waals surface area contributed by atoms with Gasteiger partial charge in [-0.15, -0.1) is 0 Å². The average Bonchev–Trinajstić information content (AvgIpc) is 3.05. The van der Waals surface area contributed by atoms with Crippen molar-refractivity contribution < 1.29 is 9.90 Å². The Hall–Kier alpha value is -2.84. The first-order valence-corrected chi connectivity index (χ1v) is 8.55. The van der Waals surface area contributed by atoms with Crippen molar-refractivity contribution in [2.45, 2.75) is 0 Å². The number of nitrogens with one attached hydrogen (secondary N) is 1. The summed E-state index contributed by atoms with van der Waals surface area (Å²) in [6.07, 6.45) is 4.55. The monoisotopic (exact) mass is 429 g/mol. The van der Waals surface area contributed by atoms with Gasteiger partial charge in [0.25, 0.3) is 0 Å². The first kappa shape index (κ1) is 16.6. The van der Waals surface area contributed by atoms with Gasteiger partial charge in [0.1, 0.15) is 5.69 Å². The molecule has 0 saturated carbocycles. The molecule has 0 unspecified atom stereocenters. The topological polar surface area (TPSA) is 105 Å². The Balaban J connectivity index is 1.69. The first-order chi connectivity index (χ1) is 12.5. The van der Waals surface area contributed by atoms with Crippen molar-refractivity contribution in [3.63, 3.8) is 0 Å². The van der Waals surface area contributed by atoms with E-state index in [1.165, 1.54) is 12.3 Å². The molecule has 0 spiro atoms. The predicted octanol–water partition coefficient (Wildman–Crippen LogP) is 4.20. The number of aromatic amines is 1. The van der Waals surface area contributed by atoms with E-state index in [-0.39, 0.29) is 10.6 Å². The van der Waals surface area contributed by atoms with Crippen LogP contribution in [-0.4, -0.2) is 36.0 Å². The lowest BCUT2D eigenvalue weighted by Gasteiger charge is -2.05. The van der Waals surface area contributed by atoms with Crippen LogP contribution in [0.25, 0.3) is 33.9 Å². The largest absolute Gasteiger partial charge is 0.478 e. The van der Waals surface area contributed by atoms with Crippen molar-refractivity contribution in [2.75, 3.05) is 0 Å². The zero-order valence-corrected chi connectivity index (χ0v) is 15.3. The Morgan fingerprint density at radius 3 is 2.65 bits per heavy atom. The molecule has 4 rings (SSSR count). The van der Waals surface area contributed by atoms with Gasteiger partial charge in [0.15, 0.2) is 11.5 Å². The van der Waals surface area contributed by atoms with Gasteiger partial charge in [-0.3, -0.25) is 9.97 Å². The number of hydrogen-bond donors (Lipinski definition) is 2. The smallest absolute Gasteiger partial charge is 0.337 e. The van der Waals surface area contributed by atoms with Gasteiger partial charge in [0.2, 0.25) is 0 Å². The molecule has 4 aromatic rings. The van der Waals surface area contributed by atoms with Crippen LogP contribution >= 0.6 is 27.5 Å². The number of carbonyl (C=O) groups is 1. The minimum Gasteiger partial charge on any atom is -0.478 e. The van der Waals surface area contributed by atoms with Gasteiger partial charge >= 0.3 is 5.97 Å². The number of carboxylic acid groups (broad SMARTS) is 1. The van der Waals surface area contributed by atoms with E-state index >= 15 is 0 Å². The number of fused-ring (bicyclic) bond motifs is 1. The molecule has 9 heteroatoms. The summed E-state index contributed by atoms with van der Waals surface area (Å²) in [5.41, 5.74) is 3.21. The molecular formula is C17H9BrClN5O2. The highest BCUT2D eigenvalue weighted by atomic mass is 79.9. The molecule has 0 radical (unpaired) electrons. The van der Waals surface area contributed by atoms with Crippen molar-refractivity contribution >= 4 is 44.7 Å². The molecule has 0 bridgehead atoms. The summed E-state index contributed by atoms with van der Waals surface area (Å²) in [5, 5.41) is 9.23. The van der Waals surface area contributed by atoms with Crippen LogP contribution in [0, 0.1) is 0 Å². The van der Waals surface area contributed by atoms with E-state index in [0.29, 0.717) is 28.4 Å². The van der Waals surface area contributed by atoms with Gasteiger partial charge in [-0.05, 0) is 40.2 Å². The van der Waals surface area contributed by atoms with Crippen molar-refractivity contribution in [2.24, 2.45) is 0 Å². The minimum atomic E-state index is -1.08. The second-order valence-electron chi connectivity index (χ2n) is 5.40. The number of pyridine rings is 3. The van der Waals surface area contributed by atoms with Crippen LogP contribution in [0.3, 0.4) is 0 Å². The van der Waals surface area contributed by atoms with Crippen LogP contribution < -0.4 is 0 Å². The Bertz CT molecular complexity index is 1140. The molecule has 4 aromatic heterocycles. The first-order valence-electron chi connectivity index (χ1n) is 7.38. The third kappa shape index (κ3) is 3.04. The van der Waals surface area contributed by atoms with Crippen LogP contribution in [-0.2, 0) is 0 Å². The average molecular weight is 431 g/mol. The third-order valence-electron chi connectivity index (χ3n) is 3.67. The Kier molecular flexibility index (Phi) is 4.14. The van der Waals surface area contributed by atoms with Gasteiger partial charge in [-0.25, -0.2) is 14.8 Å². The number of nitrogens with zero attached hydrogens (tertiary/aromatic N) is 4. The zero-order valence-electron chi connectivity index (χ0n) is 12.9. The lowest BCUT2D eigenvalue weighted by molar-refractivity contribution is 0.0696. The minimum absolute atomic E-state index is 0.0317. The number of aromatic carboxylic acids is 1. The van der Waals surface area contributed by atoms with E-state index in [4.69, 9.17) is 16.7 Å². The third-order valence-corrected chi connectivity index (χ3v) is 4.39. The quantitative estimate of drug-likeness (QED) is 0.505. The highest BCUT2D eigenvalue weighted by Crippen LogP contribution is 2.27. The Labute approximate surface area is 160 Å². The molecule has 0 aliphatic heterocycles. The van der Waals surface area contributed by atoms with Crippen LogP contribution in [0.15, 0.2) is 47.3 Å². The molecule has 0 saturated heterocycles. The number of hydrogen-bond acceptors (Lipinski definition) is 5. The number of imidazole rings is 1. The maximum Gasteiger partial charge on any atom is 0.337 e. The van der Waals surface area contributed by atoms with E-state index in [0.717, 1.165) is 9.99 Å². The predicted molar refractivity (Wildman–Crippen MR) is 100 cm³/mol. The fourth-order valence-electron chi connectivity index (χ4n) is 2.44. The summed E-state index contributed by atoms with van der Waals surface area (Å²) in [4.78, 5) is 31.3. The molecule has 7 nitrogen and oxygen atoms in total. The van der Waals surface area contributed by atoms with Gasteiger partial charge in [-0.2, -0.15) is 0 Å². The molecule has 0 amide bonds. The van der Waals surface area contributed by atoms with E-state index in [1.54, 1.807) is 24.5 Å². The van der Waals surface area contributed by atoms with Crippen LogP contribution in [0.1, 0.15) is 10.4 Å². The molecular weight excluding hydrogens is 422 g/mol. The van der Waals surface area contributed by atoms with Gasteiger partial charge in [0, 0.05) is 28.6 Å². The molecule has 0 atom stereocenters. The molecule has 4 heterocycles. The highest BCUT2D eigenvalue weighted by Gasteiger charge is 2.12. The van der Waals surface area contributed by atoms with Crippen molar-refractivity contribution in [3.05, 3.63) is 57.9 Å². The van der Waals surface area contributed by atoms with E-state index in [2.05, 4.69) is 40.8 Å². The number of halogens is 2. The van der Waals surface area contributed by atoms with Crippen LogP contribution in [0.2, 0.25) is 5.02 Å². The van der Waals surface area contributed by atoms with Gasteiger partial charge in [0.05, 0.1) is 21.8 Å². The molecule has 0 aliphatic carbocycles. The molecule has 2 N–H and O–H groups in total. The normalized spacial score (nSPS) is 11.0. The Morgan fingerprint density at radius 2 is 1.96 bits per heavy atom. The lowest BCUT2D eigenvalue weighted by Crippen LogP contribution is -1.98. The molecule has 0 aromatic carbocycles. The maximum atomic E-state index is 11.0. The standard InChI is InChI=1S/C17H9BrClN5O2/c18-10-4-13-15(22-7-10)24-16(23-13)12-2-1-8(5-20-12)14-11(19)3-9(6-21-14)17(25)26/h1-7H,(H,25,26)(H,22,23,24). The highest BCUT2D eigenvalue weighted by molar-refractivity contribution is 9.10. The van der Waals surface area contributed by atoms with E-state index in [1.807, 2.05) is 6.07 Å².